The van der Waals surface area contributed by atoms with Crippen molar-refractivity contribution in [2.75, 3.05) is 27.3 Å². The molecule has 1 aromatic heterocycles. The number of aromatic nitrogens is 1. The second-order valence-corrected chi connectivity index (χ2v) is 11.0. The number of hydrogen-bond donors (Lipinski definition) is 0. The summed E-state index contributed by atoms with van der Waals surface area (Å²) in [5.74, 6) is 1.62. The van der Waals surface area contributed by atoms with Crippen LogP contribution < -0.4 is 29.1 Å². The summed E-state index contributed by atoms with van der Waals surface area (Å²) in [7, 11) is 3.18. The van der Waals surface area contributed by atoms with Crippen molar-refractivity contribution < 1.29 is 19.0 Å². The van der Waals surface area contributed by atoms with Gasteiger partial charge in [-0.25, -0.2) is 4.99 Å². The number of thiazole rings is 1. The normalized spacial score (nSPS) is 14.6. The predicted octanol–water partition coefficient (Wildman–Crippen LogP) is 4.70. The molecule has 1 aliphatic rings. The highest BCUT2D eigenvalue weighted by Gasteiger charge is 2.35. The number of methoxy groups -OCH3 is 2. The van der Waals surface area contributed by atoms with Crippen molar-refractivity contribution in [3.05, 3.63) is 120 Å². The van der Waals surface area contributed by atoms with E-state index in [2.05, 4.69) is 0 Å². The summed E-state index contributed by atoms with van der Waals surface area (Å²) >= 11 is 1.29. The van der Waals surface area contributed by atoms with Crippen molar-refractivity contribution in [3.8, 4) is 17.2 Å². The second-order valence-electron chi connectivity index (χ2n) is 9.99. The Hall–Kier alpha value is -4.63. The highest BCUT2D eigenvalue weighted by molar-refractivity contribution is 7.07. The molecule has 8 nitrogen and oxygen atoms in total. The molecular weight excluding hydrogens is 562 g/mol. The van der Waals surface area contributed by atoms with Crippen molar-refractivity contribution in [2.24, 2.45) is 4.99 Å². The Morgan fingerprint density at radius 3 is 2.35 bits per heavy atom. The van der Waals surface area contributed by atoms with Gasteiger partial charge in [-0.1, -0.05) is 65.9 Å². The minimum absolute atomic E-state index is 0.146. The molecule has 0 fully saturated rings. The quantitative estimate of drug-likeness (QED) is 0.265. The second kappa shape index (κ2) is 13.1. The topological polar surface area (TPSA) is 82.4 Å². The van der Waals surface area contributed by atoms with Crippen LogP contribution in [0.3, 0.4) is 0 Å². The van der Waals surface area contributed by atoms with E-state index in [0.717, 1.165) is 16.7 Å². The first-order valence-corrected chi connectivity index (χ1v) is 15.0. The Morgan fingerprint density at radius 1 is 0.953 bits per heavy atom. The van der Waals surface area contributed by atoms with E-state index >= 15 is 0 Å². The van der Waals surface area contributed by atoms with E-state index in [4.69, 9.17) is 19.2 Å². The number of likely N-dealkylation sites (N-methyl/N-ethyl adjacent to an activating group) is 1. The van der Waals surface area contributed by atoms with Crippen molar-refractivity contribution in [1.29, 1.82) is 0 Å². The average Bonchev–Trinajstić information content (AvgIpc) is 3.34. The van der Waals surface area contributed by atoms with Crippen LogP contribution in [0.25, 0.3) is 6.08 Å². The Kier molecular flexibility index (Phi) is 9.11. The number of hydrogen-bond acceptors (Lipinski definition) is 7. The van der Waals surface area contributed by atoms with Gasteiger partial charge < -0.3 is 19.1 Å². The number of ether oxygens (including phenoxy) is 3. The molecule has 5 rings (SSSR count). The fourth-order valence-electron chi connectivity index (χ4n) is 5.24. The molecule has 3 aromatic carbocycles. The smallest absolute Gasteiger partial charge is 0.271 e. The Morgan fingerprint density at radius 2 is 1.65 bits per heavy atom. The van der Waals surface area contributed by atoms with Gasteiger partial charge in [0.15, 0.2) is 16.3 Å². The molecule has 9 heteroatoms. The lowest BCUT2D eigenvalue weighted by Gasteiger charge is -2.29. The van der Waals surface area contributed by atoms with E-state index in [-0.39, 0.29) is 11.5 Å². The first-order chi connectivity index (χ1) is 20.9. The fourth-order valence-corrected chi connectivity index (χ4v) is 6.29. The first-order valence-electron chi connectivity index (χ1n) is 14.2. The predicted molar refractivity (Wildman–Crippen MR) is 168 cm³/mol. The zero-order valence-corrected chi connectivity index (χ0v) is 25.8. The van der Waals surface area contributed by atoms with Crippen LogP contribution in [0, 0.1) is 0 Å². The van der Waals surface area contributed by atoms with Crippen LogP contribution in [0.4, 0.5) is 0 Å². The number of fused-ring (bicyclic) bond motifs is 1. The standard InChI is InChI=1S/C34H35N3O5S/c1-6-36(7-2)33(39)30-22(3)35-34-37(31(30)25-15-11-12-16-26(25)40-4)32(38)29(43-34)20-24-17-18-27(28(19-24)41-5)42-21-23-13-9-8-10-14-23/h8-20,31H,6-7,21H2,1-5H3/b29-20+/t31-/m0/s1. The molecule has 0 N–H and O–H groups in total. The monoisotopic (exact) mass is 597 g/mol. The number of benzene rings is 3. The number of carbonyl (C=O) groups excluding carboxylic acids is 1. The van der Waals surface area contributed by atoms with Gasteiger partial charge in [0.05, 0.1) is 30.0 Å². The molecule has 1 amide bonds. The lowest BCUT2D eigenvalue weighted by Crippen LogP contribution is -2.43. The lowest BCUT2D eigenvalue weighted by atomic mass is 9.94. The van der Waals surface area contributed by atoms with Gasteiger partial charge in [-0.05, 0) is 56.2 Å². The molecule has 0 saturated carbocycles. The molecule has 2 heterocycles. The van der Waals surface area contributed by atoms with Crippen molar-refractivity contribution in [1.82, 2.24) is 9.47 Å². The van der Waals surface area contributed by atoms with E-state index in [1.165, 1.54) is 11.3 Å². The van der Waals surface area contributed by atoms with Crippen molar-refractivity contribution >= 4 is 23.3 Å². The van der Waals surface area contributed by atoms with E-state index in [1.807, 2.05) is 99.6 Å². The zero-order valence-electron chi connectivity index (χ0n) is 25.0. The molecule has 0 saturated heterocycles. The molecule has 0 bridgehead atoms. The van der Waals surface area contributed by atoms with E-state index < -0.39 is 6.04 Å². The summed E-state index contributed by atoms with van der Waals surface area (Å²) in [6.07, 6.45) is 1.82. The van der Waals surface area contributed by atoms with E-state index in [0.29, 0.717) is 57.5 Å². The summed E-state index contributed by atoms with van der Waals surface area (Å²) in [5.41, 5.74) is 3.37. The van der Waals surface area contributed by atoms with Crippen molar-refractivity contribution in [3.63, 3.8) is 0 Å². The fraction of sp³-hybridized carbons (Fsp3) is 0.265. The number of carbonyl (C=O) groups is 1. The molecule has 1 atom stereocenters. The van der Waals surface area contributed by atoms with Gasteiger partial charge in [0.25, 0.3) is 11.5 Å². The summed E-state index contributed by atoms with van der Waals surface area (Å²) in [5, 5.41) is 0. The van der Waals surface area contributed by atoms with E-state index in [1.54, 1.807) is 23.7 Å². The Bertz CT molecular complexity index is 1840. The summed E-state index contributed by atoms with van der Waals surface area (Å²) in [4.78, 5) is 35.0. The minimum atomic E-state index is -0.689. The molecule has 0 radical (unpaired) electrons. The molecule has 43 heavy (non-hydrogen) atoms. The van der Waals surface area contributed by atoms with Gasteiger partial charge in [-0.15, -0.1) is 0 Å². The van der Waals surface area contributed by atoms with Gasteiger partial charge >= 0.3 is 0 Å². The molecule has 222 valence electrons. The van der Waals surface area contributed by atoms with Crippen LogP contribution in [0.1, 0.15) is 43.5 Å². The SMILES string of the molecule is CCN(CC)C(=O)C1=C(C)N=c2s/c(=C/c3ccc(OCc4ccccc4)c(OC)c3)c(=O)n2[C@H]1c1ccccc1OC. The van der Waals surface area contributed by atoms with Crippen LogP contribution in [0.15, 0.2) is 93.9 Å². The Labute approximate surface area is 254 Å². The summed E-state index contributed by atoms with van der Waals surface area (Å²) in [6.45, 7) is 7.21. The third kappa shape index (κ3) is 5.99. The van der Waals surface area contributed by atoms with Crippen LogP contribution in [-0.2, 0) is 11.4 Å². The number of amides is 1. The maximum absolute atomic E-state index is 14.1. The van der Waals surface area contributed by atoms with Gasteiger partial charge in [-0.2, -0.15) is 0 Å². The summed E-state index contributed by atoms with van der Waals surface area (Å²) < 4.78 is 19.4. The maximum Gasteiger partial charge on any atom is 0.271 e. The number of para-hydroxylation sites is 1. The van der Waals surface area contributed by atoms with E-state index in [9.17, 15) is 9.59 Å². The maximum atomic E-state index is 14.1. The van der Waals surface area contributed by atoms with Gasteiger partial charge in [0.2, 0.25) is 0 Å². The van der Waals surface area contributed by atoms with Gasteiger partial charge in [-0.3, -0.25) is 14.2 Å². The zero-order chi connectivity index (χ0) is 30.5. The van der Waals surface area contributed by atoms with Crippen LogP contribution in [0.5, 0.6) is 17.2 Å². The Balaban J connectivity index is 1.59. The third-order valence-electron chi connectivity index (χ3n) is 7.46. The largest absolute Gasteiger partial charge is 0.496 e. The highest BCUT2D eigenvalue weighted by atomic mass is 32.1. The minimum Gasteiger partial charge on any atom is -0.496 e. The molecule has 0 spiro atoms. The van der Waals surface area contributed by atoms with Crippen molar-refractivity contribution in [2.45, 2.75) is 33.4 Å². The molecule has 4 aromatic rings. The first kappa shape index (κ1) is 29.8. The molecule has 0 unspecified atom stereocenters. The van der Waals surface area contributed by atoms with Crippen LogP contribution in [-0.4, -0.2) is 42.7 Å². The number of rotatable bonds is 10. The number of allylic oxidation sites excluding steroid dienone is 1. The third-order valence-corrected chi connectivity index (χ3v) is 8.44. The number of nitrogens with zero attached hydrogens (tertiary/aromatic N) is 3. The average molecular weight is 598 g/mol. The van der Waals surface area contributed by atoms with Gasteiger partial charge in [0, 0.05) is 18.7 Å². The lowest BCUT2D eigenvalue weighted by molar-refractivity contribution is -0.127. The molecule has 1 aliphatic heterocycles. The van der Waals surface area contributed by atoms with Crippen LogP contribution >= 0.6 is 11.3 Å². The molecular formula is C34H35N3O5S. The molecule has 0 aliphatic carbocycles. The highest BCUT2D eigenvalue weighted by Crippen LogP contribution is 2.36. The van der Waals surface area contributed by atoms with Gasteiger partial charge in [0.1, 0.15) is 18.4 Å². The van der Waals surface area contributed by atoms with Crippen LogP contribution in [0.2, 0.25) is 0 Å². The summed E-state index contributed by atoms with van der Waals surface area (Å²) in [6, 6.07) is 22.3.